The Balaban J connectivity index is 2.03. The summed E-state index contributed by atoms with van der Waals surface area (Å²) in [6.45, 7) is 13.9. The molecule has 14 nitrogen and oxygen atoms in total. The molecule has 0 unspecified atom stereocenters. The summed E-state index contributed by atoms with van der Waals surface area (Å²) < 4.78 is 27.9. The van der Waals surface area contributed by atoms with Crippen LogP contribution in [-0.2, 0) is 42.9 Å². The highest BCUT2D eigenvalue weighted by Gasteiger charge is 2.77. The molecule has 2 heterocycles. The van der Waals surface area contributed by atoms with E-state index >= 15 is 0 Å². The van der Waals surface area contributed by atoms with Crippen molar-refractivity contribution in [3.63, 3.8) is 0 Å². The minimum atomic E-state index is -2.53. The highest BCUT2D eigenvalue weighted by Crippen LogP contribution is 2.67. The maximum absolute atomic E-state index is 14.2. The van der Waals surface area contributed by atoms with Crippen LogP contribution in [0.4, 0.5) is 0 Å². The summed E-state index contributed by atoms with van der Waals surface area (Å²) in [5, 5.41) is 47.0. The highest BCUT2D eigenvalue weighted by molar-refractivity contribution is 5.96. The number of esters is 4. The van der Waals surface area contributed by atoms with Crippen LogP contribution in [0, 0.1) is 28.6 Å². The minimum Gasteiger partial charge on any atom is -0.472 e. The van der Waals surface area contributed by atoms with E-state index in [-0.39, 0.29) is 18.6 Å². The molecule has 0 amide bonds. The predicted molar refractivity (Wildman–Crippen MR) is 173 cm³/mol. The van der Waals surface area contributed by atoms with Gasteiger partial charge in [-0.25, -0.2) is 4.79 Å². The standard InChI is InChI=1S/C36H50O14/c1-9-18(3)29(42)32(44)49-31-30(43)28(19(4)36(45)24(39)13-22(35(31,36)8)21-11-12-46-16-21)34(7,23-14-27(41)50-33(23,6)17-37)25(48-20(5)38)15-26(40)47-10-2/h11-12,16,18,22-23,25,28-31,37,42-43,45H,4,9-10,13-15,17H2,1-3,5-8H3/t18-,22+,23+,25+,28-,29-,30-,31+,33-,34-,35-,36-/m1/s1. The molecule has 278 valence electrons. The summed E-state index contributed by atoms with van der Waals surface area (Å²) in [4.78, 5) is 66.6. The molecular formula is C36H50O14. The van der Waals surface area contributed by atoms with Gasteiger partial charge in [0, 0.05) is 36.5 Å². The summed E-state index contributed by atoms with van der Waals surface area (Å²) in [6.07, 6.45) is -4.94. The van der Waals surface area contributed by atoms with E-state index in [1.54, 1.807) is 26.8 Å². The number of rotatable bonds is 13. The smallest absolute Gasteiger partial charge is 0.335 e. The molecule has 50 heavy (non-hydrogen) atoms. The zero-order valence-corrected chi connectivity index (χ0v) is 29.7. The second kappa shape index (κ2) is 14.2. The van der Waals surface area contributed by atoms with Crippen molar-refractivity contribution in [2.45, 2.75) is 116 Å². The molecule has 2 aliphatic carbocycles. The number of ketones is 1. The number of aliphatic hydroxyl groups is 4. The quantitative estimate of drug-likeness (QED) is 0.131. The van der Waals surface area contributed by atoms with Crippen LogP contribution < -0.4 is 0 Å². The molecule has 0 spiro atoms. The number of hydrogen-bond donors (Lipinski definition) is 4. The third-order valence-corrected chi connectivity index (χ3v) is 11.8. The zero-order chi connectivity index (χ0) is 37.6. The minimum absolute atomic E-state index is 0.0287. The molecule has 3 fully saturated rings. The van der Waals surface area contributed by atoms with Gasteiger partial charge >= 0.3 is 23.9 Å². The van der Waals surface area contributed by atoms with Gasteiger partial charge in [0.15, 0.2) is 17.5 Å². The van der Waals surface area contributed by atoms with Crippen molar-refractivity contribution < 1.29 is 67.8 Å². The van der Waals surface area contributed by atoms with Crippen molar-refractivity contribution in [3.05, 3.63) is 36.3 Å². The van der Waals surface area contributed by atoms with Gasteiger partial charge in [-0.3, -0.25) is 19.2 Å². The topological polar surface area (TPSA) is 216 Å². The van der Waals surface area contributed by atoms with Gasteiger partial charge in [0.05, 0.1) is 50.1 Å². The van der Waals surface area contributed by atoms with E-state index < -0.39 is 119 Å². The van der Waals surface area contributed by atoms with Crippen LogP contribution in [0.5, 0.6) is 0 Å². The first-order chi connectivity index (χ1) is 23.3. The molecule has 1 saturated heterocycles. The van der Waals surface area contributed by atoms with Gasteiger partial charge < -0.3 is 43.8 Å². The molecule has 0 aromatic carbocycles. The van der Waals surface area contributed by atoms with Crippen LogP contribution in [0.2, 0.25) is 0 Å². The van der Waals surface area contributed by atoms with Crippen molar-refractivity contribution in [2.24, 2.45) is 28.6 Å². The van der Waals surface area contributed by atoms with Gasteiger partial charge in [-0.05, 0) is 37.0 Å². The van der Waals surface area contributed by atoms with Crippen LogP contribution in [0.25, 0.3) is 0 Å². The molecule has 3 aliphatic rings. The van der Waals surface area contributed by atoms with Gasteiger partial charge in [0.25, 0.3) is 0 Å². The number of Topliss-reactive ketones (excluding diaryl/α,β-unsaturated/α-hetero) is 1. The third kappa shape index (κ3) is 6.07. The molecule has 0 bridgehead atoms. The number of aliphatic hydroxyl groups excluding tert-OH is 3. The lowest BCUT2D eigenvalue weighted by atomic mass is 9.46. The molecule has 1 aromatic heterocycles. The number of carbonyl (C=O) groups excluding carboxylic acids is 5. The number of ether oxygens (including phenoxy) is 4. The largest absolute Gasteiger partial charge is 0.472 e. The van der Waals surface area contributed by atoms with Crippen molar-refractivity contribution in [1.29, 1.82) is 0 Å². The van der Waals surface area contributed by atoms with Crippen LogP contribution >= 0.6 is 0 Å². The molecule has 2 saturated carbocycles. The Kier molecular flexibility index (Phi) is 11.1. The van der Waals surface area contributed by atoms with E-state index in [1.807, 2.05) is 0 Å². The molecule has 4 N–H and O–H groups in total. The first-order valence-electron chi connectivity index (χ1n) is 17.0. The van der Waals surface area contributed by atoms with Crippen molar-refractivity contribution >= 4 is 29.7 Å². The maximum atomic E-state index is 14.2. The SMILES string of the molecule is C=C1[C@@H]([C@@](C)([C@H](CC(=O)OCC)OC(C)=O)[C@H]2CC(=O)O[C@]2(C)CO)[C@@H](O)[C@H](OC(=O)[C@H](O)[C@H](C)CC)[C@@]2(C)[C@H](c3ccoc3)CC(=O)[C@]12O. The summed E-state index contributed by atoms with van der Waals surface area (Å²) in [5.74, 6) is -8.43. The molecular weight excluding hydrogens is 656 g/mol. The van der Waals surface area contributed by atoms with Crippen LogP contribution in [0.3, 0.4) is 0 Å². The Morgan fingerprint density at radius 2 is 1.84 bits per heavy atom. The number of furan rings is 1. The zero-order valence-electron chi connectivity index (χ0n) is 29.7. The van der Waals surface area contributed by atoms with Gasteiger partial charge in [0.1, 0.15) is 17.8 Å². The van der Waals surface area contributed by atoms with Crippen molar-refractivity contribution in [3.8, 4) is 0 Å². The average Bonchev–Trinajstić information content (AvgIpc) is 3.75. The monoisotopic (exact) mass is 706 g/mol. The lowest BCUT2D eigenvalue weighted by Crippen LogP contribution is -2.71. The molecule has 12 atom stereocenters. The number of carbonyl (C=O) groups is 5. The van der Waals surface area contributed by atoms with Crippen molar-refractivity contribution in [2.75, 3.05) is 13.2 Å². The average molecular weight is 707 g/mol. The summed E-state index contributed by atoms with van der Waals surface area (Å²) in [5.41, 5.74) is -7.67. The van der Waals surface area contributed by atoms with E-state index in [0.717, 1.165) is 6.92 Å². The Morgan fingerprint density at radius 1 is 1.18 bits per heavy atom. The fourth-order valence-corrected chi connectivity index (χ4v) is 8.89. The Morgan fingerprint density at radius 3 is 2.38 bits per heavy atom. The van der Waals surface area contributed by atoms with Gasteiger partial charge in [0.2, 0.25) is 0 Å². The maximum Gasteiger partial charge on any atom is 0.335 e. The summed E-state index contributed by atoms with van der Waals surface area (Å²) in [7, 11) is 0. The Bertz CT molecular complexity index is 1490. The Hall–Kier alpha value is -3.59. The first-order valence-corrected chi connectivity index (χ1v) is 17.0. The molecule has 14 heteroatoms. The molecule has 0 radical (unpaired) electrons. The predicted octanol–water partition coefficient (Wildman–Crippen LogP) is 2.14. The first kappa shape index (κ1) is 39.2. The summed E-state index contributed by atoms with van der Waals surface area (Å²) >= 11 is 0. The fourth-order valence-electron chi connectivity index (χ4n) is 8.89. The van der Waals surface area contributed by atoms with Crippen LogP contribution in [0.1, 0.15) is 85.6 Å². The van der Waals surface area contributed by atoms with Gasteiger partial charge in [-0.15, -0.1) is 0 Å². The second-order valence-corrected chi connectivity index (χ2v) is 14.6. The van der Waals surface area contributed by atoms with E-state index in [0.29, 0.717) is 12.0 Å². The normalized spacial score (nSPS) is 35.3. The highest BCUT2D eigenvalue weighted by atomic mass is 16.6. The Labute approximate surface area is 291 Å². The molecule has 1 aromatic rings. The number of cyclic esters (lactones) is 1. The van der Waals surface area contributed by atoms with Gasteiger partial charge in [-0.1, -0.05) is 40.7 Å². The van der Waals surface area contributed by atoms with E-state index in [2.05, 4.69) is 6.58 Å². The van der Waals surface area contributed by atoms with Crippen LogP contribution in [0.15, 0.2) is 35.2 Å². The lowest BCUT2D eigenvalue weighted by Gasteiger charge is -2.61. The van der Waals surface area contributed by atoms with E-state index in [4.69, 9.17) is 23.4 Å². The molecule has 1 aliphatic heterocycles. The van der Waals surface area contributed by atoms with E-state index in [1.165, 1.54) is 33.3 Å². The third-order valence-electron chi connectivity index (χ3n) is 11.8. The number of fused-ring (bicyclic) bond motifs is 1. The van der Waals surface area contributed by atoms with Crippen molar-refractivity contribution in [1.82, 2.24) is 0 Å². The second-order valence-electron chi connectivity index (χ2n) is 14.6. The fraction of sp³-hybridized carbons (Fsp3) is 0.694. The molecule has 4 rings (SSSR count). The van der Waals surface area contributed by atoms with E-state index in [9.17, 15) is 44.4 Å². The summed E-state index contributed by atoms with van der Waals surface area (Å²) in [6, 6.07) is 1.58. The van der Waals surface area contributed by atoms with Crippen LogP contribution in [-0.4, -0.2) is 98.9 Å². The number of hydrogen-bond acceptors (Lipinski definition) is 14. The lowest BCUT2D eigenvalue weighted by molar-refractivity contribution is -0.235. The van der Waals surface area contributed by atoms with Gasteiger partial charge in [-0.2, -0.15) is 0 Å².